The number of rotatable bonds is 6. The number of hydrogen-bond donors (Lipinski definition) is 2. The van der Waals surface area contributed by atoms with Gasteiger partial charge in [-0.1, -0.05) is 51.4 Å². The summed E-state index contributed by atoms with van der Waals surface area (Å²) in [5.74, 6) is -1.02. The number of nitrogens with zero attached hydrogens (tertiary/aromatic N) is 2. The molecule has 36 heavy (non-hydrogen) atoms. The Morgan fingerprint density at radius 3 is 2.53 bits per heavy atom. The van der Waals surface area contributed by atoms with E-state index in [9.17, 15) is 14.7 Å². The van der Waals surface area contributed by atoms with Gasteiger partial charge in [0.15, 0.2) is 0 Å². The summed E-state index contributed by atoms with van der Waals surface area (Å²) < 4.78 is 0.857. The fraction of sp³-hybridized carbons (Fsp3) is 0.357. The summed E-state index contributed by atoms with van der Waals surface area (Å²) in [6.07, 6.45) is 2.28. The molecule has 186 valence electrons. The van der Waals surface area contributed by atoms with Crippen molar-refractivity contribution in [2.24, 2.45) is 10.6 Å². The molecule has 0 aliphatic heterocycles. The van der Waals surface area contributed by atoms with Gasteiger partial charge in [0.25, 0.3) is 5.91 Å². The largest absolute Gasteiger partial charge is 0.481 e. The Labute approximate surface area is 218 Å². The van der Waals surface area contributed by atoms with Crippen LogP contribution >= 0.6 is 15.9 Å². The fourth-order valence-corrected chi connectivity index (χ4v) is 6.00. The molecule has 6 rings (SSSR count). The zero-order valence-corrected chi connectivity index (χ0v) is 21.9. The standard InChI is InChI=1S/C28H28BrN3O4/c1-3-36-32-22-16-27(26(34)35)11-13-28(22,14-12-27)31-25(33)23-17(2)24(18-7-5-4-6-8-18)30-21-10-9-19(29)15-20(21)23/h4-10,15H,3,11-14,16H2,1-2H3,(H,31,33)(H,34,35)/b32-22+. The third kappa shape index (κ3) is 4.07. The van der Waals surface area contributed by atoms with Crippen LogP contribution < -0.4 is 5.32 Å². The van der Waals surface area contributed by atoms with E-state index >= 15 is 0 Å². The van der Waals surface area contributed by atoms with Crippen molar-refractivity contribution >= 4 is 44.4 Å². The van der Waals surface area contributed by atoms with Crippen molar-refractivity contribution in [2.75, 3.05) is 6.61 Å². The summed E-state index contributed by atoms with van der Waals surface area (Å²) in [5.41, 5.74) is 2.81. The summed E-state index contributed by atoms with van der Waals surface area (Å²) in [7, 11) is 0. The minimum Gasteiger partial charge on any atom is -0.481 e. The third-order valence-corrected chi connectivity index (χ3v) is 8.19. The van der Waals surface area contributed by atoms with Crippen LogP contribution in [0.4, 0.5) is 0 Å². The zero-order valence-electron chi connectivity index (χ0n) is 20.3. The van der Waals surface area contributed by atoms with E-state index in [-0.39, 0.29) is 12.3 Å². The van der Waals surface area contributed by atoms with E-state index in [1.54, 1.807) is 0 Å². The van der Waals surface area contributed by atoms with E-state index in [4.69, 9.17) is 9.82 Å². The van der Waals surface area contributed by atoms with Gasteiger partial charge >= 0.3 is 5.97 Å². The molecule has 1 aromatic heterocycles. The second-order valence-corrected chi connectivity index (χ2v) is 10.7. The highest BCUT2D eigenvalue weighted by Crippen LogP contribution is 2.51. The predicted molar refractivity (Wildman–Crippen MR) is 142 cm³/mol. The van der Waals surface area contributed by atoms with Crippen molar-refractivity contribution in [2.45, 2.75) is 51.5 Å². The lowest BCUT2D eigenvalue weighted by molar-refractivity contribution is -0.152. The van der Waals surface area contributed by atoms with Crippen LogP contribution in [-0.4, -0.2) is 39.8 Å². The first-order valence-electron chi connectivity index (χ1n) is 12.2. The molecule has 3 aromatic rings. The van der Waals surface area contributed by atoms with Crippen LogP contribution in [0.5, 0.6) is 0 Å². The molecule has 8 heteroatoms. The van der Waals surface area contributed by atoms with Crippen LogP contribution in [0.15, 0.2) is 58.2 Å². The van der Waals surface area contributed by atoms with E-state index in [0.717, 1.165) is 32.2 Å². The number of carboxylic acids is 1. The van der Waals surface area contributed by atoms with Crippen LogP contribution in [0.2, 0.25) is 0 Å². The first kappa shape index (κ1) is 24.4. The summed E-state index contributed by atoms with van der Waals surface area (Å²) in [6, 6.07) is 15.6. The first-order valence-corrected chi connectivity index (χ1v) is 13.0. The van der Waals surface area contributed by atoms with Crippen molar-refractivity contribution in [3.05, 3.63) is 64.1 Å². The lowest BCUT2D eigenvalue weighted by atomic mass is 9.56. The number of amides is 1. The highest BCUT2D eigenvalue weighted by molar-refractivity contribution is 9.10. The number of aromatic nitrogens is 1. The first-order chi connectivity index (χ1) is 17.3. The Morgan fingerprint density at radius 1 is 1.14 bits per heavy atom. The average molecular weight is 550 g/mol. The molecule has 3 fully saturated rings. The molecule has 3 aliphatic rings. The molecule has 0 radical (unpaired) electrons. The quantitative estimate of drug-likeness (QED) is 0.373. The lowest BCUT2D eigenvalue weighted by Gasteiger charge is -2.51. The Balaban J connectivity index is 1.60. The average Bonchev–Trinajstić information content (AvgIpc) is 2.88. The monoisotopic (exact) mass is 549 g/mol. The highest BCUT2D eigenvalue weighted by Gasteiger charge is 2.57. The van der Waals surface area contributed by atoms with Crippen LogP contribution in [0, 0.1) is 12.3 Å². The van der Waals surface area contributed by atoms with Gasteiger partial charge in [0.1, 0.15) is 6.61 Å². The minimum absolute atomic E-state index is 0.218. The number of pyridine rings is 1. The predicted octanol–water partition coefficient (Wildman–Crippen LogP) is 5.88. The number of carbonyl (C=O) groups excluding carboxylic acids is 1. The molecular formula is C28H28BrN3O4. The summed E-state index contributed by atoms with van der Waals surface area (Å²) >= 11 is 3.54. The van der Waals surface area contributed by atoms with Gasteiger partial charge in [0.2, 0.25) is 0 Å². The van der Waals surface area contributed by atoms with Gasteiger partial charge in [0, 0.05) is 21.8 Å². The second-order valence-electron chi connectivity index (χ2n) is 9.74. The van der Waals surface area contributed by atoms with E-state index in [0.29, 0.717) is 43.6 Å². The number of carbonyl (C=O) groups is 2. The number of halogens is 1. The number of fused-ring (bicyclic) bond motifs is 4. The molecule has 0 unspecified atom stereocenters. The number of aliphatic carboxylic acids is 1. The van der Waals surface area contributed by atoms with Crippen molar-refractivity contribution < 1.29 is 19.5 Å². The molecule has 0 saturated heterocycles. The molecule has 3 aliphatic carbocycles. The molecule has 0 spiro atoms. The van der Waals surface area contributed by atoms with Gasteiger partial charge in [0.05, 0.1) is 33.4 Å². The summed E-state index contributed by atoms with van der Waals surface area (Å²) in [6.45, 7) is 4.13. The van der Waals surface area contributed by atoms with E-state index in [1.807, 2.05) is 62.4 Å². The maximum Gasteiger partial charge on any atom is 0.310 e. The molecule has 0 atom stereocenters. The van der Waals surface area contributed by atoms with Gasteiger partial charge in [-0.25, -0.2) is 4.98 Å². The van der Waals surface area contributed by atoms with Crippen molar-refractivity contribution in [1.82, 2.24) is 10.3 Å². The highest BCUT2D eigenvalue weighted by atomic mass is 79.9. The third-order valence-electron chi connectivity index (χ3n) is 7.69. The fourth-order valence-electron chi connectivity index (χ4n) is 5.64. The van der Waals surface area contributed by atoms with Gasteiger partial charge < -0.3 is 15.3 Å². The van der Waals surface area contributed by atoms with Crippen LogP contribution in [0.1, 0.15) is 54.9 Å². The molecule has 1 heterocycles. The normalized spacial score (nSPS) is 24.1. The zero-order chi connectivity index (χ0) is 25.5. The second kappa shape index (κ2) is 9.32. The van der Waals surface area contributed by atoms with Gasteiger partial charge in [-0.05, 0) is 63.3 Å². The van der Waals surface area contributed by atoms with Crippen LogP contribution in [-0.2, 0) is 9.63 Å². The molecule has 7 nitrogen and oxygen atoms in total. The molecule has 1 amide bonds. The topological polar surface area (TPSA) is 101 Å². The van der Waals surface area contributed by atoms with Crippen molar-refractivity contribution in [3.8, 4) is 11.3 Å². The maximum atomic E-state index is 14.1. The Kier molecular flexibility index (Phi) is 6.32. The number of oxime groups is 1. The van der Waals surface area contributed by atoms with Crippen molar-refractivity contribution in [3.63, 3.8) is 0 Å². The number of hydrogen-bond acceptors (Lipinski definition) is 5. The smallest absolute Gasteiger partial charge is 0.310 e. The summed E-state index contributed by atoms with van der Waals surface area (Å²) in [5, 5.41) is 18.3. The molecule has 3 saturated carbocycles. The summed E-state index contributed by atoms with van der Waals surface area (Å²) in [4.78, 5) is 36.5. The Morgan fingerprint density at radius 2 is 1.86 bits per heavy atom. The molecular weight excluding hydrogens is 522 g/mol. The lowest BCUT2D eigenvalue weighted by Crippen LogP contribution is -2.64. The Bertz CT molecular complexity index is 1380. The van der Waals surface area contributed by atoms with E-state index in [2.05, 4.69) is 26.4 Å². The molecule has 2 bridgehead atoms. The van der Waals surface area contributed by atoms with E-state index < -0.39 is 16.9 Å². The number of nitrogens with one attached hydrogen (secondary N) is 1. The molecule has 2 N–H and O–H groups in total. The Hall–Kier alpha value is -3.26. The number of carboxylic acid groups (broad SMARTS) is 1. The minimum atomic E-state index is -0.840. The molecule has 2 aromatic carbocycles. The SMILES string of the molecule is CCO/N=C1\CC2(C(=O)O)CCC1(NC(=O)c1c(C)c(-c3ccccc3)nc3ccc(Br)cc13)CC2. The van der Waals surface area contributed by atoms with Crippen LogP contribution in [0.25, 0.3) is 22.2 Å². The van der Waals surface area contributed by atoms with Gasteiger partial charge in [-0.3, -0.25) is 9.59 Å². The number of benzene rings is 2. The van der Waals surface area contributed by atoms with Gasteiger partial charge in [-0.15, -0.1) is 0 Å². The van der Waals surface area contributed by atoms with Crippen LogP contribution in [0.3, 0.4) is 0 Å². The van der Waals surface area contributed by atoms with Gasteiger partial charge in [-0.2, -0.15) is 0 Å². The maximum absolute atomic E-state index is 14.1. The van der Waals surface area contributed by atoms with Crippen molar-refractivity contribution in [1.29, 1.82) is 0 Å². The van der Waals surface area contributed by atoms with E-state index in [1.165, 1.54) is 0 Å².